The van der Waals surface area contributed by atoms with Gasteiger partial charge in [-0.15, -0.1) is 0 Å². The van der Waals surface area contributed by atoms with Gasteiger partial charge in [-0.25, -0.2) is 0 Å². The van der Waals surface area contributed by atoms with Crippen molar-refractivity contribution in [2.75, 3.05) is 6.67 Å². The smallest absolute Gasteiger partial charge is 0.305 e. The predicted molar refractivity (Wildman–Crippen MR) is 55.3 cm³/mol. The number of halogens is 1. The van der Waals surface area contributed by atoms with Gasteiger partial charge in [0.25, 0.3) is 0 Å². The quantitative estimate of drug-likeness (QED) is 0.778. The number of aliphatic carboxylic acids is 1. The highest BCUT2D eigenvalue weighted by Crippen LogP contribution is 2.15. The highest BCUT2D eigenvalue weighted by molar-refractivity contribution is 5.67. The average Bonchev–Trinajstić information content (AvgIpc) is 2.18. The van der Waals surface area contributed by atoms with Gasteiger partial charge in [0, 0.05) is 12.5 Å². The molecule has 1 rings (SSSR count). The first-order chi connectivity index (χ1) is 7.13. The zero-order valence-electron chi connectivity index (χ0n) is 8.32. The van der Waals surface area contributed by atoms with Crippen LogP contribution in [0.15, 0.2) is 24.3 Å². The molecule has 82 valence electrons. The summed E-state index contributed by atoms with van der Waals surface area (Å²) in [6.07, 6.45) is 0.289. The predicted octanol–water partition coefficient (Wildman–Crippen LogP) is 1.67. The Morgan fingerprint density at radius 3 is 2.47 bits per heavy atom. The molecule has 0 saturated carbocycles. The molecule has 0 saturated heterocycles. The van der Waals surface area contributed by atoms with Crippen molar-refractivity contribution in [2.45, 2.75) is 18.9 Å². The number of rotatable bonds is 5. The van der Waals surface area contributed by atoms with Gasteiger partial charge in [-0.1, -0.05) is 24.3 Å². The van der Waals surface area contributed by atoms with Gasteiger partial charge in [0.1, 0.15) is 0 Å². The second kappa shape index (κ2) is 5.46. The van der Waals surface area contributed by atoms with E-state index in [1.807, 2.05) is 0 Å². The Hall–Kier alpha value is -1.42. The van der Waals surface area contributed by atoms with Crippen LogP contribution in [0.1, 0.15) is 23.6 Å². The average molecular weight is 211 g/mol. The Morgan fingerprint density at radius 1 is 1.40 bits per heavy atom. The monoisotopic (exact) mass is 211 g/mol. The Kier molecular flexibility index (Phi) is 4.24. The van der Waals surface area contributed by atoms with Crippen LogP contribution in [0.25, 0.3) is 0 Å². The number of carbonyl (C=O) groups is 1. The molecule has 3 nitrogen and oxygen atoms in total. The van der Waals surface area contributed by atoms with Gasteiger partial charge in [-0.2, -0.15) is 0 Å². The van der Waals surface area contributed by atoms with Crippen molar-refractivity contribution in [3.63, 3.8) is 0 Å². The van der Waals surface area contributed by atoms with Gasteiger partial charge in [0.15, 0.2) is 0 Å². The van der Waals surface area contributed by atoms with E-state index < -0.39 is 12.0 Å². The fourth-order valence-electron chi connectivity index (χ4n) is 1.35. The van der Waals surface area contributed by atoms with E-state index in [0.717, 1.165) is 11.1 Å². The molecule has 1 atom stereocenters. The summed E-state index contributed by atoms with van der Waals surface area (Å²) < 4.78 is 12.0. The number of hydrogen-bond acceptors (Lipinski definition) is 2. The maximum absolute atomic E-state index is 12.0. The Balaban J connectivity index is 2.66. The summed E-state index contributed by atoms with van der Waals surface area (Å²) in [6, 6.07) is 6.55. The lowest BCUT2D eigenvalue weighted by molar-refractivity contribution is -0.137. The van der Waals surface area contributed by atoms with Gasteiger partial charge >= 0.3 is 5.97 Å². The van der Waals surface area contributed by atoms with Crippen LogP contribution in [0.4, 0.5) is 4.39 Å². The first-order valence-electron chi connectivity index (χ1n) is 4.75. The lowest BCUT2D eigenvalue weighted by Crippen LogP contribution is -2.14. The Labute approximate surface area is 87.7 Å². The zero-order chi connectivity index (χ0) is 11.3. The molecule has 0 aliphatic rings. The van der Waals surface area contributed by atoms with E-state index in [2.05, 4.69) is 0 Å². The molecule has 0 aromatic heterocycles. The third-order valence-electron chi connectivity index (χ3n) is 2.19. The molecule has 0 amide bonds. The van der Waals surface area contributed by atoms with Crippen LogP contribution in [0.5, 0.6) is 0 Å². The minimum atomic E-state index is -0.921. The van der Waals surface area contributed by atoms with Crippen LogP contribution >= 0.6 is 0 Å². The number of hydrogen-bond donors (Lipinski definition) is 2. The molecule has 3 N–H and O–H groups in total. The fraction of sp³-hybridized carbons (Fsp3) is 0.364. The van der Waals surface area contributed by atoms with E-state index in [9.17, 15) is 9.18 Å². The summed E-state index contributed by atoms with van der Waals surface area (Å²) in [7, 11) is 0. The van der Waals surface area contributed by atoms with Crippen molar-refractivity contribution >= 4 is 5.97 Å². The van der Waals surface area contributed by atoms with Crippen LogP contribution in [-0.4, -0.2) is 17.8 Å². The third kappa shape index (κ3) is 3.67. The molecule has 0 fully saturated rings. The lowest BCUT2D eigenvalue weighted by Gasteiger charge is -2.09. The topological polar surface area (TPSA) is 63.3 Å². The van der Waals surface area contributed by atoms with Crippen LogP contribution in [0.3, 0.4) is 0 Å². The molecule has 0 radical (unpaired) electrons. The van der Waals surface area contributed by atoms with Crippen LogP contribution in [0.2, 0.25) is 0 Å². The summed E-state index contributed by atoms with van der Waals surface area (Å²) in [5.41, 5.74) is 7.32. The number of alkyl halides is 1. The molecule has 0 aliphatic carbocycles. The number of carboxylic acid groups (broad SMARTS) is 1. The lowest BCUT2D eigenvalue weighted by atomic mass is 10.0. The molecule has 0 bridgehead atoms. The number of benzene rings is 1. The van der Waals surface area contributed by atoms with E-state index in [0.29, 0.717) is 6.42 Å². The van der Waals surface area contributed by atoms with E-state index in [-0.39, 0.29) is 13.1 Å². The minimum Gasteiger partial charge on any atom is -0.481 e. The summed E-state index contributed by atoms with van der Waals surface area (Å²) in [5, 5.41) is 8.55. The Bertz CT molecular complexity index is 324. The van der Waals surface area contributed by atoms with Gasteiger partial charge < -0.3 is 10.8 Å². The summed E-state index contributed by atoms with van der Waals surface area (Å²) in [6.45, 7) is -0.388. The molecule has 1 aromatic carbocycles. The summed E-state index contributed by atoms with van der Waals surface area (Å²) >= 11 is 0. The second-order valence-electron chi connectivity index (χ2n) is 3.38. The van der Waals surface area contributed by atoms with Crippen molar-refractivity contribution in [2.24, 2.45) is 5.73 Å². The SMILES string of the molecule is NC(CC(=O)O)c1ccc(CCF)cc1. The summed E-state index contributed by atoms with van der Waals surface area (Å²) in [4.78, 5) is 10.4. The standard InChI is InChI=1S/C11H14FNO2/c12-6-5-8-1-3-9(4-2-8)10(13)7-11(14)15/h1-4,10H,5-7,13H2,(H,14,15). The summed E-state index contributed by atoms with van der Waals surface area (Å²) in [5.74, 6) is -0.921. The largest absolute Gasteiger partial charge is 0.481 e. The number of nitrogens with two attached hydrogens (primary N) is 1. The molecule has 0 aliphatic heterocycles. The molecule has 1 aromatic rings. The van der Waals surface area contributed by atoms with Gasteiger partial charge in [-0.05, 0) is 11.1 Å². The highest BCUT2D eigenvalue weighted by Gasteiger charge is 2.09. The maximum Gasteiger partial charge on any atom is 0.305 e. The molecule has 0 spiro atoms. The van der Waals surface area contributed by atoms with Gasteiger partial charge in [0.2, 0.25) is 0 Å². The van der Waals surface area contributed by atoms with Crippen molar-refractivity contribution in [1.82, 2.24) is 0 Å². The maximum atomic E-state index is 12.0. The van der Waals surface area contributed by atoms with Crippen molar-refractivity contribution in [3.8, 4) is 0 Å². The first kappa shape index (κ1) is 11.7. The van der Waals surface area contributed by atoms with Crippen molar-refractivity contribution in [3.05, 3.63) is 35.4 Å². The second-order valence-corrected chi connectivity index (χ2v) is 3.38. The molecule has 4 heteroatoms. The third-order valence-corrected chi connectivity index (χ3v) is 2.19. The molecular formula is C11H14FNO2. The zero-order valence-corrected chi connectivity index (χ0v) is 8.32. The van der Waals surface area contributed by atoms with Crippen LogP contribution in [-0.2, 0) is 11.2 Å². The highest BCUT2D eigenvalue weighted by atomic mass is 19.1. The van der Waals surface area contributed by atoms with Crippen LogP contribution < -0.4 is 5.73 Å². The normalized spacial score (nSPS) is 12.4. The molecule has 1 unspecified atom stereocenters. The minimum absolute atomic E-state index is 0.0948. The van der Waals surface area contributed by atoms with E-state index in [4.69, 9.17) is 10.8 Å². The molecular weight excluding hydrogens is 197 g/mol. The Morgan fingerprint density at radius 2 is 2.00 bits per heavy atom. The number of carboxylic acids is 1. The van der Waals surface area contributed by atoms with E-state index >= 15 is 0 Å². The van der Waals surface area contributed by atoms with Gasteiger partial charge in [0.05, 0.1) is 13.1 Å². The van der Waals surface area contributed by atoms with Crippen LogP contribution in [0, 0.1) is 0 Å². The molecule has 0 heterocycles. The van der Waals surface area contributed by atoms with Crippen molar-refractivity contribution in [1.29, 1.82) is 0 Å². The first-order valence-corrected chi connectivity index (χ1v) is 4.75. The number of aryl methyl sites for hydroxylation is 1. The van der Waals surface area contributed by atoms with E-state index in [1.54, 1.807) is 24.3 Å². The molecule has 15 heavy (non-hydrogen) atoms. The van der Waals surface area contributed by atoms with Gasteiger partial charge in [-0.3, -0.25) is 9.18 Å². The van der Waals surface area contributed by atoms with E-state index in [1.165, 1.54) is 0 Å². The fourth-order valence-corrected chi connectivity index (χ4v) is 1.35. The van der Waals surface area contributed by atoms with Crippen molar-refractivity contribution < 1.29 is 14.3 Å².